The minimum atomic E-state index is -0.637. The Hall–Kier alpha value is -1.36. The average molecular weight is 236 g/mol. The molecule has 1 aliphatic rings. The monoisotopic (exact) mass is 236 g/mol. The molecule has 1 heterocycles. The number of aromatic nitrogens is 2. The van der Waals surface area contributed by atoms with Gasteiger partial charge in [0, 0.05) is 24.3 Å². The van der Waals surface area contributed by atoms with Crippen LogP contribution in [-0.2, 0) is 11.8 Å². The van der Waals surface area contributed by atoms with Gasteiger partial charge in [0.25, 0.3) is 0 Å². The highest BCUT2D eigenvalue weighted by atomic mass is 16.2. The van der Waals surface area contributed by atoms with Crippen LogP contribution in [0.4, 0.5) is 0 Å². The number of nitrogens with two attached hydrogens (primary N) is 1. The maximum atomic E-state index is 12.0. The van der Waals surface area contributed by atoms with Gasteiger partial charge in [-0.15, -0.1) is 0 Å². The number of rotatable bonds is 4. The molecule has 1 atom stereocenters. The lowest BCUT2D eigenvalue weighted by molar-refractivity contribution is -0.124. The summed E-state index contributed by atoms with van der Waals surface area (Å²) < 4.78 is 1.65. The van der Waals surface area contributed by atoms with E-state index in [1.807, 2.05) is 7.05 Å². The molecule has 1 aromatic heterocycles. The lowest BCUT2D eigenvalue weighted by Crippen LogP contribution is -2.48. The van der Waals surface area contributed by atoms with Crippen molar-refractivity contribution in [1.29, 1.82) is 0 Å². The van der Waals surface area contributed by atoms with Crippen LogP contribution in [0.5, 0.6) is 0 Å². The summed E-state index contributed by atoms with van der Waals surface area (Å²) in [4.78, 5) is 12.0. The van der Waals surface area contributed by atoms with Crippen molar-refractivity contribution in [3.8, 4) is 0 Å². The molecule has 0 radical (unpaired) electrons. The van der Waals surface area contributed by atoms with Gasteiger partial charge in [0.05, 0.1) is 6.20 Å². The van der Waals surface area contributed by atoms with Crippen molar-refractivity contribution in [2.45, 2.75) is 38.3 Å². The van der Waals surface area contributed by atoms with Crippen molar-refractivity contribution >= 4 is 5.91 Å². The van der Waals surface area contributed by atoms with E-state index in [1.54, 1.807) is 17.1 Å². The molecule has 1 saturated carbocycles. The fourth-order valence-corrected chi connectivity index (χ4v) is 2.05. The quantitative estimate of drug-likeness (QED) is 0.809. The van der Waals surface area contributed by atoms with Gasteiger partial charge in [-0.2, -0.15) is 5.10 Å². The summed E-state index contributed by atoms with van der Waals surface area (Å²) >= 11 is 0. The molecule has 1 amide bonds. The van der Waals surface area contributed by atoms with Gasteiger partial charge in [0.1, 0.15) is 6.04 Å². The minimum absolute atomic E-state index is 0.130. The second-order valence-electron chi connectivity index (χ2n) is 5.41. The number of hydrogen-bond donors (Lipinski definition) is 2. The molecule has 0 bridgehead atoms. The van der Waals surface area contributed by atoms with Gasteiger partial charge in [-0.25, -0.2) is 0 Å². The van der Waals surface area contributed by atoms with E-state index < -0.39 is 6.04 Å². The molecule has 1 fully saturated rings. The van der Waals surface area contributed by atoms with E-state index in [-0.39, 0.29) is 11.4 Å². The Morgan fingerprint density at radius 1 is 1.65 bits per heavy atom. The SMILES string of the molecule is Cn1cc(C(N)C(=O)NC(C)(C)C2CC2)cn1. The molecule has 5 heteroatoms. The third-order valence-corrected chi connectivity index (χ3v) is 3.41. The Morgan fingerprint density at radius 3 is 2.76 bits per heavy atom. The van der Waals surface area contributed by atoms with E-state index in [9.17, 15) is 4.79 Å². The maximum absolute atomic E-state index is 12.0. The molecule has 0 saturated heterocycles. The van der Waals surface area contributed by atoms with E-state index in [0.717, 1.165) is 5.56 Å². The molecular weight excluding hydrogens is 216 g/mol. The third-order valence-electron chi connectivity index (χ3n) is 3.41. The summed E-state index contributed by atoms with van der Waals surface area (Å²) in [5.41, 5.74) is 6.51. The molecule has 0 spiro atoms. The molecule has 1 aliphatic carbocycles. The zero-order chi connectivity index (χ0) is 12.6. The van der Waals surface area contributed by atoms with Crippen LogP contribution >= 0.6 is 0 Å². The molecule has 2 rings (SSSR count). The number of nitrogens with one attached hydrogen (secondary N) is 1. The highest BCUT2D eigenvalue weighted by molar-refractivity contribution is 5.83. The van der Waals surface area contributed by atoms with E-state index in [4.69, 9.17) is 5.73 Å². The predicted octanol–water partition coefficient (Wildman–Crippen LogP) is 0.725. The minimum Gasteiger partial charge on any atom is -0.349 e. The molecule has 5 nitrogen and oxygen atoms in total. The van der Waals surface area contributed by atoms with Gasteiger partial charge in [-0.05, 0) is 32.6 Å². The van der Waals surface area contributed by atoms with Crippen LogP contribution in [0.25, 0.3) is 0 Å². The molecule has 94 valence electrons. The number of hydrogen-bond acceptors (Lipinski definition) is 3. The molecule has 3 N–H and O–H groups in total. The van der Waals surface area contributed by atoms with Gasteiger partial charge < -0.3 is 11.1 Å². The lowest BCUT2D eigenvalue weighted by atomic mass is 9.97. The number of amides is 1. The van der Waals surface area contributed by atoms with Crippen LogP contribution in [0.2, 0.25) is 0 Å². The summed E-state index contributed by atoms with van der Waals surface area (Å²) in [6, 6.07) is -0.637. The molecular formula is C12H20N4O. The van der Waals surface area contributed by atoms with Crippen LogP contribution in [0.3, 0.4) is 0 Å². The third kappa shape index (κ3) is 2.66. The molecule has 0 aliphatic heterocycles. The Balaban J connectivity index is 2.00. The van der Waals surface area contributed by atoms with Crippen LogP contribution in [0, 0.1) is 5.92 Å². The normalized spacial score (nSPS) is 17.9. The fraction of sp³-hybridized carbons (Fsp3) is 0.667. The van der Waals surface area contributed by atoms with E-state index >= 15 is 0 Å². The Bertz CT molecular complexity index is 420. The largest absolute Gasteiger partial charge is 0.349 e. The van der Waals surface area contributed by atoms with Gasteiger partial charge >= 0.3 is 0 Å². The molecule has 1 aromatic rings. The molecule has 17 heavy (non-hydrogen) atoms. The first kappa shape index (κ1) is 12.1. The summed E-state index contributed by atoms with van der Waals surface area (Å²) in [5.74, 6) is 0.461. The zero-order valence-corrected chi connectivity index (χ0v) is 10.6. The Morgan fingerprint density at radius 2 is 2.29 bits per heavy atom. The summed E-state index contributed by atoms with van der Waals surface area (Å²) in [6.45, 7) is 4.11. The smallest absolute Gasteiger partial charge is 0.242 e. The fourth-order valence-electron chi connectivity index (χ4n) is 2.05. The predicted molar refractivity (Wildman–Crippen MR) is 65.1 cm³/mol. The van der Waals surface area contributed by atoms with E-state index in [1.165, 1.54) is 12.8 Å². The van der Waals surface area contributed by atoms with Gasteiger partial charge in [0.2, 0.25) is 5.91 Å². The Kier molecular flexibility index (Phi) is 2.95. The number of aryl methyl sites for hydroxylation is 1. The van der Waals surface area contributed by atoms with Crippen LogP contribution < -0.4 is 11.1 Å². The van der Waals surface area contributed by atoms with Crippen LogP contribution in [-0.4, -0.2) is 21.2 Å². The van der Waals surface area contributed by atoms with Crippen molar-refractivity contribution < 1.29 is 4.79 Å². The van der Waals surface area contributed by atoms with Gasteiger partial charge in [-0.1, -0.05) is 0 Å². The van der Waals surface area contributed by atoms with Gasteiger partial charge in [-0.3, -0.25) is 9.48 Å². The van der Waals surface area contributed by atoms with Crippen LogP contribution in [0.1, 0.15) is 38.3 Å². The Labute approximate surface area is 101 Å². The zero-order valence-electron chi connectivity index (χ0n) is 10.6. The summed E-state index contributed by atoms with van der Waals surface area (Å²) in [7, 11) is 1.81. The summed E-state index contributed by atoms with van der Waals surface area (Å²) in [5, 5.41) is 7.05. The van der Waals surface area contributed by atoms with Crippen molar-refractivity contribution in [3.63, 3.8) is 0 Å². The van der Waals surface area contributed by atoms with Crippen molar-refractivity contribution in [2.75, 3.05) is 0 Å². The number of nitrogens with zero attached hydrogens (tertiary/aromatic N) is 2. The van der Waals surface area contributed by atoms with Crippen molar-refractivity contribution in [2.24, 2.45) is 18.7 Å². The van der Waals surface area contributed by atoms with E-state index in [0.29, 0.717) is 5.92 Å². The van der Waals surface area contributed by atoms with Crippen molar-refractivity contribution in [3.05, 3.63) is 18.0 Å². The molecule has 0 aromatic carbocycles. The average Bonchev–Trinajstić information content (AvgIpc) is 3.01. The van der Waals surface area contributed by atoms with E-state index in [2.05, 4.69) is 24.3 Å². The summed E-state index contributed by atoms with van der Waals surface area (Å²) in [6.07, 6.45) is 5.79. The van der Waals surface area contributed by atoms with Crippen LogP contribution in [0.15, 0.2) is 12.4 Å². The number of carbonyl (C=O) groups excluding carboxylic acids is 1. The highest BCUT2D eigenvalue weighted by Crippen LogP contribution is 2.39. The first-order chi connectivity index (χ1) is 7.90. The number of carbonyl (C=O) groups is 1. The highest BCUT2D eigenvalue weighted by Gasteiger charge is 2.39. The molecule has 1 unspecified atom stereocenters. The maximum Gasteiger partial charge on any atom is 0.242 e. The lowest BCUT2D eigenvalue weighted by Gasteiger charge is -2.27. The topological polar surface area (TPSA) is 72.9 Å². The first-order valence-electron chi connectivity index (χ1n) is 5.96. The van der Waals surface area contributed by atoms with Crippen molar-refractivity contribution in [1.82, 2.24) is 15.1 Å². The second-order valence-corrected chi connectivity index (χ2v) is 5.41. The first-order valence-corrected chi connectivity index (χ1v) is 5.96. The standard InChI is InChI=1S/C12H20N4O/c1-12(2,9-4-5-9)15-11(17)10(13)8-6-14-16(3)7-8/h6-7,9-10H,4-5,13H2,1-3H3,(H,15,17). The second kappa shape index (κ2) is 4.14. The van der Waals surface area contributed by atoms with Gasteiger partial charge in [0.15, 0.2) is 0 Å².